The summed E-state index contributed by atoms with van der Waals surface area (Å²) in [7, 11) is -1.58. The Morgan fingerprint density at radius 3 is 2.24 bits per heavy atom. The molecule has 0 aromatic heterocycles. The van der Waals surface area contributed by atoms with Crippen molar-refractivity contribution in [2.75, 3.05) is 38.0 Å². The predicted octanol–water partition coefficient (Wildman–Crippen LogP) is 2.42. The van der Waals surface area contributed by atoms with Crippen LogP contribution in [-0.4, -0.2) is 69.2 Å². The van der Waals surface area contributed by atoms with Gasteiger partial charge in [-0.3, -0.25) is 9.59 Å². The number of rotatable bonds is 12. The molecule has 0 aliphatic heterocycles. The normalized spacial score (nSPS) is 12.3. The van der Waals surface area contributed by atoms with Gasteiger partial charge in [0.2, 0.25) is 11.8 Å². The van der Waals surface area contributed by atoms with E-state index in [1.807, 2.05) is 37.3 Å². The van der Waals surface area contributed by atoms with Crippen molar-refractivity contribution in [1.82, 2.24) is 14.5 Å². The molecule has 0 saturated heterocycles. The second-order valence-corrected chi connectivity index (χ2v) is 10.1. The van der Waals surface area contributed by atoms with Crippen LogP contribution in [-0.2, 0) is 26.2 Å². The zero-order valence-electron chi connectivity index (χ0n) is 20.1. The summed E-state index contributed by atoms with van der Waals surface area (Å²) in [6.45, 7) is 3.52. The molecule has 2 aromatic rings. The largest absolute Gasteiger partial charge is 0.354 e. The quantitative estimate of drug-likeness (QED) is 0.493. The average Bonchev–Trinajstić information content (AvgIpc) is 2.82. The number of hydrogen-bond donors (Lipinski definition) is 1. The Bertz CT molecular complexity index is 1060. The van der Waals surface area contributed by atoms with Gasteiger partial charge in [-0.25, -0.2) is 8.70 Å². The van der Waals surface area contributed by atoms with E-state index in [-0.39, 0.29) is 18.1 Å². The average molecular weight is 493 g/mol. The lowest BCUT2D eigenvalue weighted by atomic mass is 10.1. The first-order valence-electron chi connectivity index (χ1n) is 11.1. The van der Waals surface area contributed by atoms with Gasteiger partial charge in [0.05, 0.1) is 5.69 Å². The third-order valence-electron chi connectivity index (χ3n) is 5.34. The van der Waals surface area contributed by atoms with E-state index in [2.05, 4.69) is 5.32 Å². The lowest BCUT2D eigenvalue weighted by Gasteiger charge is -2.32. The Kier molecular flexibility index (Phi) is 10.0. The summed E-state index contributed by atoms with van der Waals surface area (Å²) in [6, 6.07) is 14.0. The van der Waals surface area contributed by atoms with Crippen LogP contribution in [0.1, 0.15) is 25.8 Å². The minimum Gasteiger partial charge on any atom is -0.354 e. The van der Waals surface area contributed by atoms with E-state index >= 15 is 0 Å². The first kappa shape index (κ1) is 27.3. The molecule has 0 unspecified atom stereocenters. The summed E-state index contributed by atoms with van der Waals surface area (Å²) in [5, 5.41) is 2.78. The maximum atomic E-state index is 14.6. The number of benzene rings is 2. The SMILES string of the molecule is CCCNC(=O)[C@@H](C)N(CCc1ccccc1)C(=O)CN(c1ccccc1F)S(=O)(=O)N(C)C. The number of hydrogen-bond acceptors (Lipinski definition) is 4. The van der Waals surface area contributed by atoms with Crippen molar-refractivity contribution in [3.63, 3.8) is 0 Å². The lowest BCUT2D eigenvalue weighted by Crippen LogP contribution is -2.53. The van der Waals surface area contributed by atoms with E-state index in [1.54, 1.807) is 6.92 Å². The first-order valence-corrected chi connectivity index (χ1v) is 12.5. The van der Waals surface area contributed by atoms with E-state index in [4.69, 9.17) is 0 Å². The third kappa shape index (κ3) is 7.01. The van der Waals surface area contributed by atoms with E-state index in [0.717, 1.165) is 26.7 Å². The number of nitrogens with zero attached hydrogens (tertiary/aromatic N) is 3. The zero-order valence-corrected chi connectivity index (χ0v) is 20.9. The molecule has 8 nitrogen and oxygen atoms in total. The smallest absolute Gasteiger partial charge is 0.304 e. The molecule has 0 spiro atoms. The fourth-order valence-corrected chi connectivity index (χ4v) is 4.39. The van der Waals surface area contributed by atoms with Crippen molar-refractivity contribution in [2.45, 2.75) is 32.7 Å². The minimum absolute atomic E-state index is 0.191. The van der Waals surface area contributed by atoms with Crippen LogP contribution in [0.2, 0.25) is 0 Å². The fourth-order valence-electron chi connectivity index (χ4n) is 3.32. The monoisotopic (exact) mass is 492 g/mol. The van der Waals surface area contributed by atoms with Crippen molar-refractivity contribution in [2.24, 2.45) is 0 Å². The topological polar surface area (TPSA) is 90.0 Å². The highest BCUT2D eigenvalue weighted by atomic mass is 32.2. The number of amides is 2. The van der Waals surface area contributed by atoms with Crippen LogP contribution in [0.25, 0.3) is 0 Å². The fraction of sp³-hybridized carbons (Fsp3) is 0.417. The van der Waals surface area contributed by atoms with Gasteiger partial charge in [-0.2, -0.15) is 12.7 Å². The second-order valence-electron chi connectivity index (χ2n) is 8.04. The van der Waals surface area contributed by atoms with E-state index in [9.17, 15) is 22.4 Å². The second kappa shape index (κ2) is 12.5. The molecule has 0 heterocycles. The molecule has 1 N–H and O–H groups in total. The Labute approximate surface area is 201 Å². The Hall–Kier alpha value is -2.98. The zero-order chi connectivity index (χ0) is 25.3. The van der Waals surface area contributed by atoms with Crippen molar-refractivity contribution < 1.29 is 22.4 Å². The number of anilines is 1. The number of carbonyl (C=O) groups is 2. The van der Waals surface area contributed by atoms with Crippen molar-refractivity contribution >= 4 is 27.7 Å². The highest BCUT2D eigenvalue weighted by molar-refractivity contribution is 7.90. The summed E-state index contributed by atoms with van der Waals surface area (Å²) in [5.41, 5.74) is 0.726. The van der Waals surface area contributed by atoms with Gasteiger partial charge >= 0.3 is 10.2 Å². The Balaban J connectivity index is 2.37. The highest BCUT2D eigenvalue weighted by Crippen LogP contribution is 2.23. The molecular weight excluding hydrogens is 459 g/mol. The number of halogens is 1. The summed E-state index contributed by atoms with van der Waals surface area (Å²) in [4.78, 5) is 27.5. The molecule has 0 saturated carbocycles. The van der Waals surface area contributed by atoms with Crippen LogP contribution >= 0.6 is 0 Å². The summed E-state index contributed by atoms with van der Waals surface area (Å²) < 4.78 is 42.2. The molecule has 1 atom stereocenters. The molecule has 10 heteroatoms. The summed E-state index contributed by atoms with van der Waals surface area (Å²) >= 11 is 0. The highest BCUT2D eigenvalue weighted by Gasteiger charge is 2.33. The van der Waals surface area contributed by atoms with Crippen LogP contribution in [0.4, 0.5) is 10.1 Å². The number of nitrogens with one attached hydrogen (secondary N) is 1. The van der Waals surface area contributed by atoms with Crippen molar-refractivity contribution in [3.8, 4) is 0 Å². The number of para-hydroxylation sites is 1. The third-order valence-corrected chi connectivity index (χ3v) is 7.15. The maximum Gasteiger partial charge on any atom is 0.304 e. The predicted molar refractivity (Wildman–Crippen MR) is 131 cm³/mol. The Morgan fingerprint density at radius 2 is 1.65 bits per heavy atom. The molecule has 34 heavy (non-hydrogen) atoms. The van der Waals surface area contributed by atoms with Crippen LogP contribution < -0.4 is 9.62 Å². The van der Waals surface area contributed by atoms with Crippen LogP contribution in [0, 0.1) is 5.82 Å². The molecule has 0 aliphatic carbocycles. The van der Waals surface area contributed by atoms with Crippen LogP contribution in [0.3, 0.4) is 0 Å². The van der Waals surface area contributed by atoms with Gasteiger partial charge in [0.15, 0.2) is 0 Å². The van der Waals surface area contributed by atoms with Gasteiger partial charge in [0, 0.05) is 27.2 Å². The minimum atomic E-state index is -4.19. The van der Waals surface area contributed by atoms with Gasteiger partial charge in [-0.1, -0.05) is 49.4 Å². The molecule has 0 bridgehead atoms. The van der Waals surface area contributed by atoms with E-state index in [0.29, 0.717) is 13.0 Å². The van der Waals surface area contributed by atoms with E-state index in [1.165, 1.54) is 37.2 Å². The molecule has 2 rings (SSSR count). The lowest BCUT2D eigenvalue weighted by molar-refractivity contribution is -0.138. The molecule has 0 aliphatic rings. The van der Waals surface area contributed by atoms with Gasteiger partial charge < -0.3 is 10.2 Å². The van der Waals surface area contributed by atoms with Crippen LogP contribution in [0.15, 0.2) is 54.6 Å². The molecular formula is C24H33FN4O4S. The summed E-state index contributed by atoms with van der Waals surface area (Å²) in [5.74, 6) is -1.72. The molecule has 2 amide bonds. The first-order chi connectivity index (χ1) is 16.1. The van der Waals surface area contributed by atoms with Crippen LogP contribution in [0.5, 0.6) is 0 Å². The Morgan fingerprint density at radius 1 is 1.03 bits per heavy atom. The molecule has 0 radical (unpaired) electrons. The summed E-state index contributed by atoms with van der Waals surface area (Å²) in [6.07, 6.45) is 1.21. The maximum absolute atomic E-state index is 14.6. The van der Waals surface area contributed by atoms with Gasteiger partial charge in [0.1, 0.15) is 18.4 Å². The van der Waals surface area contributed by atoms with Crippen molar-refractivity contribution in [1.29, 1.82) is 0 Å². The van der Waals surface area contributed by atoms with E-state index < -0.39 is 34.5 Å². The molecule has 2 aromatic carbocycles. The standard InChI is InChI=1S/C24H33FN4O4S/c1-5-16-26-24(31)19(2)28(17-15-20-11-7-6-8-12-20)23(30)18-29(34(32,33)27(3)4)22-14-10-9-13-21(22)25/h6-14,19H,5,15-18H2,1-4H3,(H,26,31)/t19-/m1/s1. The van der Waals surface area contributed by atoms with Crippen molar-refractivity contribution in [3.05, 3.63) is 66.0 Å². The number of carbonyl (C=O) groups excluding carboxylic acids is 2. The molecule has 0 fully saturated rings. The van der Waals surface area contributed by atoms with Gasteiger partial charge in [-0.15, -0.1) is 0 Å². The van der Waals surface area contributed by atoms with Gasteiger partial charge in [0.25, 0.3) is 0 Å². The molecule has 186 valence electrons. The van der Waals surface area contributed by atoms with Gasteiger partial charge in [-0.05, 0) is 37.5 Å².